The molecule has 20 heavy (non-hydrogen) atoms. The fourth-order valence-corrected chi connectivity index (χ4v) is 2.03. The second-order valence-electron chi connectivity index (χ2n) is 4.93. The van der Waals surface area contributed by atoms with E-state index in [2.05, 4.69) is 6.07 Å². The van der Waals surface area contributed by atoms with Crippen LogP contribution in [0.15, 0.2) is 42.5 Å². The molecule has 2 aromatic carbocycles. The molecule has 0 saturated carbocycles. The van der Waals surface area contributed by atoms with Crippen molar-refractivity contribution in [1.82, 2.24) is 0 Å². The van der Waals surface area contributed by atoms with E-state index < -0.39 is 0 Å². The number of nitrogens with two attached hydrogens (primary N) is 1. The molecule has 0 heterocycles. The highest BCUT2D eigenvalue weighted by Gasteiger charge is 2.08. The van der Waals surface area contributed by atoms with Gasteiger partial charge in [0.05, 0.1) is 11.6 Å². The molecule has 102 valence electrons. The molecule has 3 nitrogen and oxygen atoms in total. The smallest absolute Gasteiger partial charge is 0.124 e. The largest absolute Gasteiger partial charge is 0.489 e. The lowest BCUT2D eigenvalue weighted by Crippen LogP contribution is -2.08. The van der Waals surface area contributed by atoms with E-state index in [4.69, 9.17) is 15.7 Å². The van der Waals surface area contributed by atoms with E-state index in [1.807, 2.05) is 50.2 Å². The molecule has 1 unspecified atom stereocenters. The van der Waals surface area contributed by atoms with Gasteiger partial charge >= 0.3 is 0 Å². The van der Waals surface area contributed by atoms with E-state index in [1.165, 1.54) is 0 Å². The highest BCUT2D eigenvalue weighted by atomic mass is 16.5. The quantitative estimate of drug-likeness (QED) is 0.921. The third-order valence-electron chi connectivity index (χ3n) is 3.11. The van der Waals surface area contributed by atoms with Gasteiger partial charge in [0.15, 0.2) is 0 Å². The highest BCUT2D eigenvalue weighted by molar-refractivity contribution is 5.39. The molecular formula is C17H18N2O. The zero-order chi connectivity index (χ0) is 14.5. The molecule has 0 spiro atoms. The van der Waals surface area contributed by atoms with Gasteiger partial charge in [-0.05, 0) is 43.2 Å². The Morgan fingerprint density at radius 1 is 1.25 bits per heavy atom. The molecule has 0 fully saturated rings. The number of nitrogens with zero attached hydrogens (tertiary/aromatic N) is 1. The van der Waals surface area contributed by atoms with Gasteiger partial charge in [-0.3, -0.25) is 0 Å². The maximum absolute atomic E-state index is 8.89. The lowest BCUT2D eigenvalue weighted by atomic mass is 10.1. The van der Waals surface area contributed by atoms with Gasteiger partial charge in [0.1, 0.15) is 12.4 Å². The van der Waals surface area contributed by atoms with Crippen LogP contribution in [0.5, 0.6) is 5.75 Å². The molecule has 0 bridgehead atoms. The molecule has 3 heteroatoms. The topological polar surface area (TPSA) is 59.0 Å². The standard InChI is InChI=1S/C17H18N2O/c1-12-6-7-16(13(2)19)17(8-12)20-11-15-5-3-4-14(9-15)10-18/h3-9,13H,11,19H2,1-2H3. The van der Waals surface area contributed by atoms with Gasteiger partial charge in [0.25, 0.3) is 0 Å². The second kappa shape index (κ2) is 6.23. The van der Waals surface area contributed by atoms with Crippen LogP contribution in [-0.2, 0) is 6.61 Å². The first kappa shape index (κ1) is 14.1. The van der Waals surface area contributed by atoms with Crippen molar-refractivity contribution in [2.45, 2.75) is 26.5 Å². The number of hydrogen-bond acceptors (Lipinski definition) is 3. The summed E-state index contributed by atoms with van der Waals surface area (Å²) in [6.07, 6.45) is 0. The van der Waals surface area contributed by atoms with Crippen LogP contribution in [0.25, 0.3) is 0 Å². The number of nitriles is 1. The molecule has 0 amide bonds. The van der Waals surface area contributed by atoms with Gasteiger partial charge in [-0.1, -0.05) is 24.3 Å². The minimum atomic E-state index is -0.0731. The Labute approximate surface area is 119 Å². The van der Waals surface area contributed by atoms with Crippen molar-refractivity contribution in [3.05, 3.63) is 64.7 Å². The Hall–Kier alpha value is -2.31. The second-order valence-corrected chi connectivity index (χ2v) is 4.93. The van der Waals surface area contributed by atoms with Crippen LogP contribution in [0.2, 0.25) is 0 Å². The molecule has 1 atom stereocenters. The lowest BCUT2D eigenvalue weighted by molar-refractivity contribution is 0.301. The number of aryl methyl sites for hydroxylation is 1. The van der Waals surface area contributed by atoms with Crippen LogP contribution in [0, 0.1) is 18.3 Å². The van der Waals surface area contributed by atoms with Crippen molar-refractivity contribution in [1.29, 1.82) is 5.26 Å². The Bertz CT molecular complexity index is 642. The monoisotopic (exact) mass is 266 g/mol. The third-order valence-corrected chi connectivity index (χ3v) is 3.11. The summed E-state index contributed by atoms with van der Waals surface area (Å²) in [5, 5.41) is 8.89. The van der Waals surface area contributed by atoms with Crippen LogP contribution in [0.4, 0.5) is 0 Å². The maximum atomic E-state index is 8.89. The van der Waals surface area contributed by atoms with E-state index in [9.17, 15) is 0 Å². The average Bonchev–Trinajstić information content (AvgIpc) is 2.45. The van der Waals surface area contributed by atoms with Crippen LogP contribution in [0.1, 0.15) is 35.2 Å². The van der Waals surface area contributed by atoms with E-state index in [1.54, 1.807) is 6.07 Å². The first-order valence-corrected chi connectivity index (χ1v) is 6.58. The summed E-state index contributed by atoms with van der Waals surface area (Å²) in [7, 11) is 0. The van der Waals surface area contributed by atoms with Crippen molar-refractivity contribution in [3.63, 3.8) is 0 Å². The van der Waals surface area contributed by atoms with Crippen LogP contribution in [-0.4, -0.2) is 0 Å². The minimum absolute atomic E-state index is 0.0731. The Kier molecular flexibility index (Phi) is 4.39. The third kappa shape index (κ3) is 3.37. The zero-order valence-corrected chi connectivity index (χ0v) is 11.8. The molecule has 2 rings (SSSR count). The van der Waals surface area contributed by atoms with Crippen molar-refractivity contribution in [2.75, 3.05) is 0 Å². The van der Waals surface area contributed by atoms with E-state index in [-0.39, 0.29) is 6.04 Å². The molecule has 0 aliphatic heterocycles. The SMILES string of the molecule is Cc1ccc(C(C)N)c(OCc2cccc(C#N)c2)c1. The van der Waals surface area contributed by atoms with Crippen molar-refractivity contribution < 1.29 is 4.74 Å². The summed E-state index contributed by atoms with van der Waals surface area (Å²) in [5.41, 5.74) is 9.70. The van der Waals surface area contributed by atoms with Gasteiger partial charge in [0.2, 0.25) is 0 Å². The van der Waals surface area contributed by atoms with Gasteiger partial charge in [-0.25, -0.2) is 0 Å². The molecule has 0 aliphatic rings. The van der Waals surface area contributed by atoms with Crippen molar-refractivity contribution in [3.8, 4) is 11.8 Å². The van der Waals surface area contributed by atoms with E-state index in [0.29, 0.717) is 12.2 Å². The molecule has 2 aromatic rings. The van der Waals surface area contributed by atoms with Crippen molar-refractivity contribution >= 4 is 0 Å². The fraction of sp³-hybridized carbons (Fsp3) is 0.235. The predicted octanol–water partition coefficient (Wildman–Crippen LogP) is 3.47. The average molecular weight is 266 g/mol. The van der Waals surface area contributed by atoms with E-state index in [0.717, 1.165) is 22.4 Å². The lowest BCUT2D eigenvalue weighted by Gasteiger charge is -2.15. The Morgan fingerprint density at radius 2 is 2.05 bits per heavy atom. The van der Waals surface area contributed by atoms with Crippen LogP contribution in [0.3, 0.4) is 0 Å². The van der Waals surface area contributed by atoms with E-state index >= 15 is 0 Å². The van der Waals surface area contributed by atoms with Crippen LogP contribution >= 0.6 is 0 Å². The number of hydrogen-bond donors (Lipinski definition) is 1. The van der Waals surface area contributed by atoms with Gasteiger partial charge in [0, 0.05) is 11.6 Å². The van der Waals surface area contributed by atoms with Gasteiger partial charge in [-0.2, -0.15) is 5.26 Å². The Balaban J connectivity index is 2.18. The molecule has 0 aliphatic carbocycles. The molecular weight excluding hydrogens is 248 g/mol. The molecule has 0 radical (unpaired) electrons. The molecule has 2 N–H and O–H groups in total. The van der Waals surface area contributed by atoms with Crippen molar-refractivity contribution in [2.24, 2.45) is 5.73 Å². The number of benzene rings is 2. The summed E-state index contributed by atoms with van der Waals surface area (Å²) >= 11 is 0. The number of rotatable bonds is 4. The first-order valence-electron chi connectivity index (χ1n) is 6.58. The fourth-order valence-electron chi connectivity index (χ4n) is 2.03. The summed E-state index contributed by atoms with van der Waals surface area (Å²) in [6.45, 7) is 4.39. The summed E-state index contributed by atoms with van der Waals surface area (Å²) in [5.74, 6) is 0.808. The first-order chi connectivity index (χ1) is 9.60. The minimum Gasteiger partial charge on any atom is -0.489 e. The predicted molar refractivity (Wildman–Crippen MR) is 79.3 cm³/mol. The summed E-state index contributed by atoms with van der Waals surface area (Å²) in [6, 6.07) is 15.5. The zero-order valence-electron chi connectivity index (χ0n) is 11.8. The highest BCUT2D eigenvalue weighted by Crippen LogP contribution is 2.26. The number of ether oxygens (including phenoxy) is 1. The molecule has 0 aromatic heterocycles. The summed E-state index contributed by atoms with van der Waals surface area (Å²) < 4.78 is 5.88. The maximum Gasteiger partial charge on any atom is 0.124 e. The normalized spacial score (nSPS) is 11.7. The molecule has 0 saturated heterocycles. The van der Waals surface area contributed by atoms with Gasteiger partial charge in [-0.15, -0.1) is 0 Å². The van der Waals surface area contributed by atoms with Gasteiger partial charge < -0.3 is 10.5 Å². The summed E-state index contributed by atoms with van der Waals surface area (Å²) in [4.78, 5) is 0. The Morgan fingerprint density at radius 3 is 2.75 bits per heavy atom. The van der Waals surface area contributed by atoms with Crippen LogP contribution < -0.4 is 10.5 Å².